The molecule has 0 bridgehead atoms. The minimum atomic E-state index is -0.149. The first-order valence-electron chi connectivity index (χ1n) is 4.81. The zero-order chi connectivity index (χ0) is 9.84. The molecule has 1 aliphatic rings. The Hall–Kier alpha value is -0.700. The third kappa shape index (κ3) is 2.92. The molecule has 0 aliphatic carbocycles. The molecule has 0 aromatic rings. The summed E-state index contributed by atoms with van der Waals surface area (Å²) in [6.45, 7) is 4.15. The van der Waals surface area contributed by atoms with Gasteiger partial charge in [0.15, 0.2) is 5.78 Å². The Balaban J connectivity index is 2.41. The summed E-state index contributed by atoms with van der Waals surface area (Å²) in [6.07, 6.45) is 2.26. The van der Waals surface area contributed by atoms with Crippen LogP contribution in [0, 0.1) is 5.92 Å². The van der Waals surface area contributed by atoms with Crippen molar-refractivity contribution < 1.29 is 9.59 Å². The van der Waals surface area contributed by atoms with E-state index in [4.69, 9.17) is 0 Å². The first-order valence-corrected chi connectivity index (χ1v) is 4.81. The zero-order valence-electron chi connectivity index (χ0n) is 8.25. The Kier molecular flexibility index (Phi) is 3.60. The van der Waals surface area contributed by atoms with Gasteiger partial charge in [-0.25, -0.2) is 5.32 Å². The van der Waals surface area contributed by atoms with Crippen LogP contribution in [0.5, 0.6) is 0 Å². The van der Waals surface area contributed by atoms with Gasteiger partial charge in [0.05, 0.1) is 6.04 Å². The SMILES string of the molecule is CC(=O)CC(C)C(=O)C1CCC[N]1. The maximum atomic E-state index is 11.6. The smallest absolute Gasteiger partial charge is 0.154 e. The van der Waals surface area contributed by atoms with Crippen LogP contribution >= 0.6 is 0 Å². The Labute approximate surface area is 78.9 Å². The van der Waals surface area contributed by atoms with Crippen molar-refractivity contribution in [2.24, 2.45) is 5.92 Å². The molecule has 73 valence electrons. The monoisotopic (exact) mass is 182 g/mol. The number of hydrogen-bond donors (Lipinski definition) is 0. The average molecular weight is 182 g/mol. The third-order valence-electron chi connectivity index (χ3n) is 2.39. The van der Waals surface area contributed by atoms with Crippen LogP contribution in [-0.2, 0) is 9.59 Å². The largest absolute Gasteiger partial charge is 0.300 e. The molecule has 13 heavy (non-hydrogen) atoms. The van der Waals surface area contributed by atoms with Crippen molar-refractivity contribution in [3.8, 4) is 0 Å². The lowest BCUT2D eigenvalue weighted by Gasteiger charge is -2.12. The van der Waals surface area contributed by atoms with Crippen molar-refractivity contribution in [3.63, 3.8) is 0 Å². The van der Waals surface area contributed by atoms with E-state index in [-0.39, 0.29) is 23.5 Å². The highest BCUT2D eigenvalue weighted by molar-refractivity contribution is 5.90. The lowest BCUT2D eigenvalue weighted by Crippen LogP contribution is -2.31. The van der Waals surface area contributed by atoms with E-state index in [1.807, 2.05) is 6.92 Å². The second kappa shape index (κ2) is 4.51. The molecule has 2 atom stereocenters. The van der Waals surface area contributed by atoms with Gasteiger partial charge in [-0.05, 0) is 19.8 Å². The van der Waals surface area contributed by atoms with Gasteiger partial charge < -0.3 is 4.79 Å². The van der Waals surface area contributed by atoms with E-state index in [2.05, 4.69) is 5.32 Å². The lowest BCUT2D eigenvalue weighted by molar-refractivity contribution is -0.128. The van der Waals surface area contributed by atoms with E-state index in [1.165, 1.54) is 6.92 Å². The molecule has 0 aromatic heterocycles. The summed E-state index contributed by atoms with van der Waals surface area (Å²) in [5.41, 5.74) is 0. The molecule has 0 aromatic carbocycles. The van der Waals surface area contributed by atoms with Crippen molar-refractivity contribution >= 4 is 11.6 Å². The summed E-state index contributed by atoms with van der Waals surface area (Å²) in [6, 6.07) is -0.116. The average Bonchev–Trinajstić information content (AvgIpc) is 2.53. The zero-order valence-corrected chi connectivity index (χ0v) is 8.25. The number of carbonyl (C=O) groups is 2. The van der Waals surface area contributed by atoms with Crippen molar-refractivity contribution in [3.05, 3.63) is 0 Å². The van der Waals surface area contributed by atoms with Crippen LogP contribution in [0.4, 0.5) is 0 Å². The second-order valence-corrected chi connectivity index (χ2v) is 3.77. The van der Waals surface area contributed by atoms with Gasteiger partial charge in [-0.1, -0.05) is 6.92 Å². The minimum absolute atomic E-state index is 0.0823. The van der Waals surface area contributed by atoms with Gasteiger partial charge in [-0.15, -0.1) is 0 Å². The van der Waals surface area contributed by atoms with Gasteiger partial charge in [0.1, 0.15) is 5.78 Å². The third-order valence-corrected chi connectivity index (χ3v) is 2.39. The Morgan fingerprint density at radius 1 is 1.54 bits per heavy atom. The molecule has 0 saturated carbocycles. The van der Waals surface area contributed by atoms with E-state index in [9.17, 15) is 9.59 Å². The summed E-state index contributed by atoms with van der Waals surface area (Å²) in [7, 11) is 0. The number of hydrogen-bond acceptors (Lipinski definition) is 2. The van der Waals surface area contributed by atoms with Crippen molar-refractivity contribution in [2.45, 2.75) is 39.2 Å². The molecule has 1 rings (SSSR count). The predicted molar refractivity (Wildman–Crippen MR) is 49.5 cm³/mol. The van der Waals surface area contributed by atoms with Gasteiger partial charge in [0.2, 0.25) is 0 Å². The van der Waals surface area contributed by atoms with Crippen LogP contribution < -0.4 is 5.32 Å². The maximum absolute atomic E-state index is 11.6. The van der Waals surface area contributed by atoms with Crippen molar-refractivity contribution in [1.29, 1.82) is 0 Å². The quantitative estimate of drug-likeness (QED) is 0.649. The molecule has 1 radical (unpaired) electrons. The van der Waals surface area contributed by atoms with E-state index in [0.29, 0.717) is 6.42 Å². The first-order chi connectivity index (χ1) is 6.11. The van der Waals surface area contributed by atoms with E-state index in [1.54, 1.807) is 0 Å². The summed E-state index contributed by atoms with van der Waals surface area (Å²) in [4.78, 5) is 22.4. The molecule has 2 unspecified atom stereocenters. The molecular formula is C10H16NO2. The summed E-state index contributed by atoms with van der Waals surface area (Å²) in [5.74, 6) is 0.0795. The van der Waals surface area contributed by atoms with Crippen LogP contribution in [0.1, 0.15) is 33.1 Å². The summed E-state index contributed by atoms with van der Waals surface area (Å²) < 4.78 is 0. The molecule has 0 N–H and O–H groups in total. The number of Topliss-reactive ketones (excluding diaryl/α,β-unsaturated/α-hetero) is 2. The highest BCUT2D eigenvalue weighted by Crippen LogP contribution is 2.15. The van der Waals surface area contributed by atoms with Crippen molar-refractivity contribution in [1.82, 2.24) is 5.32 Å². The minimum Gasteiger partial charge on any atom is -0.300 e. The molecule has 1 heterocycles. The number of rotatable bonds is 4. The Morgan fingerprint density at radius 2 is 2.23 bits per heavy atom. The molecule has 3 nitrogen and oxygen atoms in total. The standard InChI is InChI=1S/C10H16NO2/c1-7(6-8(2)12)10(13)9-4-3-5-11-9/h7,9H,3-6H2,1-2H3. The highest BCUT2D eigenvalue weighted by atomic mass is 16.1. The van der Waals surface area contributed by atoms with Crippen LogP contribution in [-0.4, -0.2) is 24.2 Å². The van der Waals surface area contributed by atoms with E-state index >= 15 is 0 Å². The molecule has 3 heteroatoms. The Morgan fingerprint density at radius 3 is 2.69 bits per heavy atom. The molecular weight excluding hydrogens is 166 g/mol. The number of nitrogens with zero attached hydrogens (tertiary/aromatic N) is 1. The van der Waals surface area contributed by atoms with Crippen LogP contribution in [0.3, 0.4) is 0 Å². The van der Waals surface area contributed by atoms with Gasteiger partial charge >= 0.3 is 0 Å². The molecule has 0 spiro atoms. The van der Waals surface area contributed by atoms with E-state index in [0.717, 1.165) is 19.4 Å². The fourth-order valence-electron chi connectivity index (χ4n) is 1.72. The maximum Gasteiger partial charge on any atom is 0.154 e. The number of ketones is 2. The van der Waals surface area contributed by atoms with Crippen LogP contribution in [0.2, 0.25) is 0 Å². The fourth-order valence-corrected chi connectivity index (χ4v) is 1.72. The lowest BCUT2D eigenvalue weighted by atomic mass is 9.94. The molecule has 1 saturated heterocycles. The van der Waals surface area contributed by atoms with Gasteiger partial charge in [-0.3, -0.25) is 4.79 Å². The fraction of sp³-hybridized carbons (Fsp3) is 0.800. The van der Waals surface area contributed by atoms with Gasteiger partial charge in [0, 0.05) is 18.9 Å². The van der Waals surface area contributed by atoms with Gasteiger partial charge in [-0.2, -0.15) is 0 Å². The predicted octanol–water partition coefficient (Wildman–Crippen LogP) is 0.938. The van der Waals surface area contributed by atoms with Crippen molar-refractivity contribution in [2.75, 3.05) is 6.54 Å². The molecule has 1 aliphatic heterocycles. The molecule has 0 amide bonds. The van der Waals surface area contributed by atoms with Crippen LogP contribution in [0.25, 0.3) is 0 Å². The second-order valence-electron chi connectivity index (χ2n) is 3.77. The number of carbonyl (C=O) groups excluding carboxylic acids is 2. The topological polar surface area (TPSA) is 48.2 Å². The van der Waals surface area contributed by atoms with Crippen LogP contribution in [0.15, 0.2) is 0 Å². The first kappa shape index (κ1) is 10.4. The Bertz CT molecular complexity index is 207. The van der Waals surface area contributed by atoms with Gasteiger partial charge in [0.25, 0.3) is 0 Å². The molecule has 1 fully saturated rings. The normalized spacial score (nSPS) is 24.3. The van der Waals surface area contributed by atoms with E-state index < -0.39 is 0 Å². The summed E-state index contributed by atoms with van der Waals surface area (Å²) >= 11 is 0. The highest BCUT2D eigenvalue weighted by Gasteiger charge is 2.27. The summed E-state index contributed by atoms with van der Waals surface area (Å²) in [5, 5.41) is 4.20.